The molecule has 6 heteroatoms. The highest BCUT2D eigenvalue weighted by atomic mass is 35.5. The Labute approximate surface area is 127 Å². The van der Waals surface area contributed by atoms with E-state index in [0.717, 1.165) is 0 Å². The standard InChI is InChI=1S/C15H15ClN2O3/c1-20-12-6-5-10(8-13(12)21-2)14(16)15(19)18-11-4-3-7-17-9-11/h3-9,14H,1-2H3,(H,18,19). The van der Waals surface area contributed by atoms with Gasteiger partial charge in [0.2, 0.25) is 5.91 Å². The molecule has 2 aromatic rings. The molecule has 1 heterocycles. The van der Waals surface area contributed by atoms with E-state index in [4.69, 9.17) is 21.1 Å². The van der Waals surface area contributed by atoms with E-state index in [0.29, 0.717) is 22.7 Å². The van der Waals surface area contributed by atoms with Crippen molar-refractivity contribution in [3.05, 3.63) is 48.3 Å². The van der Waals surface area contributed by atoms with Gasteiger partial charge in [0.15, 0.2) is 11.5 Å². The molecule has 0 aliphatic heterocycles. The third-order valence-electron chi connectivity index (χ3n) is 2.86. The fourth-order valence-corrected chi connectivity index (χ4v) is 1.99. The predicted octanol–water partition coefficient (Wildman–Crippen LogP) is 3.02. The Morgan fingerprint density at radius 2 is 2.00 bits per heavy atom. The number of pyridine rings is 1. The van der Waals surface area contributed by atoms with E-state index in [1.165, 1.54) is 7.11 Å². The summed E-state index contributed by atoms with van der Waals surface area (Å²) in [7, 11) is 3.07. The van der Waals surface area contributed by atoms with Crippen LogP contribution in [0.5, 0.6) is 11.5 Å². The van der Waals surface area contributed by atoms with Crippen LogP contribution in [0.2, 0.25) is 0 Å². The lowest BCUT2D eigenvalue weighted by atomic mass is 10.1. The van der Waals surface area contributed by atoms with Crippen molar-refractivity contribution in [2.24, 2.45) is 0 Å². The van der Waals surface area contributed by atoms with Crippen LogP contribution in [0, 0.1) is 0 Å². The maximum absolute atomic E-state index is 12.1. The highest BCUT2D eigenvalue weighted by molar-refractivity contribution is 6.32. The van der Waals surface area contributed by atoms with Gasteiger partial charge in [-0.3, -0.25) is 9.78 Å². The molecule has 0 spiro atoms. The highest BCUT2D eigenvalue weighted by Crippen LogP contribution is 2.32. The van der Waals surface area contributed by atoms with Crippen LogP contribution >= 0.6 is 11.6 Å². The fraction of sp³-hybridized carbons (Fsp3) is 0.200. The molecular formula is C15H15ClN2O3. The van der Waals surface area contributed by atoms with Gasteiger partial charge in [0.25, 0.3) is 0 Å². The maximum Gasteiger partial charge on any atom is 0.247 e. The van der Waals surface area contributed by atoms with Gasteiger partial charge >= 0.3 is 0 Å². The highest BCUT2D eigenvalue weighted by Gasteiger charge is 2.19. The van der Waals surface area contributed by atoms with Crippen LogP contribution in [0.1, 0.15) is 10.9 Å². The van der Waals surface area contributed by atoms with Gasteiger partial charge in [-0.1, -0.05) is 6.07 Å². The van der Waals surface area contributed by atoms with Crippen molar-refractivity contribution < 1.29 is 14.3 Å². The summed E-state index contributed by atoms with van der Waals surface area (Å²) in [4.78, 5) is 16.0. The molecule has 0 aliphatic carbocycles. The van der Waals surface area contributed by atoms with Crippen molar-refractivity contribution >= 4 is 23.2 Å². The van der Waals surface area contributed by atoms with Gasteiger partial charge in [-0.2, -0.15) is 0 Å². The number of hydrogen-bond donors (Lipinski definition) is 1. The van der Waals surface area contributed by atoms with Gasteiger partial charge in [-0.05, 0) is 29.8 Å². The number of aromatic nitrogens is 1. The smallest absolute Gasteiger partial charge is 0.247 e. The SMILES string of the molecule is COc1ccc(C(Cl)C(=O)Nc2cccnc2)cc1OC. The summed E-state index contributed by atoms with van der Waals surface area (Å²) in [5.41, 5.74) is 1.21. The Morgan fingerprint density at radius 3 is 2.62 bits per heavy atom. The monoisotopic (exact) mass is 306 g/mol. The maximum atomic E-state index is 12.1. The molecular weight excluding hydrogens is 292 g/mol. The lowest BCUT2D eigenvalue weighted by Crippen LogP contribution is -2.17. The van der Waals surface area contributed by atoms with Gasteiger partial charge in [0.1, 0.15) is 5.38 Å². The minimum atomic E-state index is -0.843. The first kappa shape index (κ1) is 15.1. The van der Waals surface area contributed by atoms with Crippen LogP contribution in [-0.2, 0) is 4.79 Å². The van der Waals surface area contributed by atoms with Crippen LogP contribution in [-0.4, -0.2) is 25.1 Å². The lowest BCUT2D eigenvalue weighted by Gasteiger charge is -2.13. The minimum Gasteiger partial charge on any atom is -0.493 e. The molecule has 5 nitrogen and oxygen atoms in total. The normalized spacial score (nSPS) is 11.6. The van der Waals surface area contributed by atoms with Crippen molar-refractivity contribution in [3.63, 3.8) is 0 Å². The van der Waals surface area contributed by atoms with Crippen LogP contribution in [0.4, 0.5) is 5.69 Å². The van der Waals surface area contributed by atoms with Gasteiger partial charge in [-0.25, -0.2) is 0 Å². The van der Waals surface area contributed by atoms with E-state index in [1.807, 2.05) is 0 Å². The van der Waals surface area contributed by atoms with E-state index in [9.17, 15) is 4.79 Å². The van der Waals surface area contributed by atoms with Gasteiger partial charge in [-0.15, -0.1) is 11.6 Å². The lowest BCUT2D eigenvalue weighted by molar-refractivity contribution is -0.116. The van der Waals surface area contributed by atoms with E-state index in [1.54, 1.807) is 49.8 Å². The topological polar surface area (TPSA) is 60.5 Å². The fourth-order valence-electron chi connectivity index (χ4n) is 1.80. The number of hydrogen-bond acceptors (Lipinski definition) is 4. The first-order chi connectivity index (χ1) is 10.2. The van der Waals surface area contributed by atoms with Gasteiger partial charge in [0, 0.05) is 6.20 Å². The Balaban J connectivity index is 2.15. The predicted molar refractivity (Wildman–Crippen MR) is 81.0 cm³/mol. The molecule has 0 bridgehead atoms. The molecule has 21 heavy (non-hydrogen) atoms. The van der Waals surface area contributed by atoms with Crippen LogP contribution in [0.3, 0.4) is 0 Å². The molecule has 0 saturated carbocycles. The molecule has 0 aliphatic rings. The summed E-state index contributed by atoms with van der Waals surface area (Å²) in [5, 5.41) is 1.86. The largest absolute Gasteiger partial charge is 0.493 e. The van der Waals surface area contributed by atoms with Crippen molar-refractivity contribution in [2.45, 2.75) is 5.38 Å². The summed E-state index contributed by atoms with van der Waals surface area (Å²) < 4.78 is 10.3. The Morgan fingerprint density at radius 1 is 1.24 bits per heavy atom. The molecule has 1 unspecified atom stereocenters. The van der Waals surface area contributed by atoms with Crippen LogP contribution in [0.15, 0.2) is 42.7 Å². The van der Waals surface area contributed by atoms with Crippen molar-refractivity contribution in [2.75, 3.05) is 19.5 Å². The average molecular weight is 307 g/mol. The second-order valence-corrected chi connectivity index (χ2v) is 4.64. The molecule has 2 rings (SSSR count). The molecule has 1 amide bonds. The number of nitrogens with one attached hydrogen (secondary N) is 1. The second kappa shape index (κ2) is 6.95. The average Bonchev–Trinajstić information content (AvgIpc) is 2.54. The number of benzene rings is 1. The molecule has 1 aromatic heterocycles. The molecule has 0 radical (unpaired) electrons. The van der Waals surface area contributed by atoms with Crippen molar-refractivity contribution in [1.82, 2.24) is 4.98 Å². The zero-order chi connectivity index (χ0) is 15.2. The van der Waals surface area contributed by atoms with E-state index in [2.05, 4.69) is 10.3 Å². The first-order valence-electron chi connectivity index (χ1n) is 6.22. The number of carbonyl (C=O) groups excluding carboxylic acids is 1. The number of anilines is 1. The summed E-state index contributed by atoms with van der Waals surface area (Å²) >= 11 is 6.20. The van der Waals surface area contributed by atoms with Crippen molar-refractivity contribution in [1.29, 1.82) is 0 Å². The van der Waals surface area contributed by atoms with Crippen molar-refractivity contribution in [3.8, 4) is 11.5 Å². The number of ether oxygens (including phenoxy) is 2. The number of amides is 1. The molecule has 0 saturated heterocycles. The summed E-state index contributed by atoms with van der Waals surface area (Å²) in [6, 6.07) is 8.58. The zero-order valence-electron chi connectivity index (χ0n) is 11.7. The van der Waals surface area contributed by atoms with E-state index in [-0.39, 0.29) is 5.91 Å². The number of rotatable bonds is 5. The van der Waals surface area contributed by atoms with E-state index < -0.39 is 5.38 Å². The summed E-state index contributed by atoms with van der Waals surface area (Å²) in [5.74, 6) is 0.768. The quantitative estimate of drug-likeness (QED) is 0.863. The number of halogens is 1. The molecule has 0 fully saturated rings. The molecule has 110 valence electrons. The number of alkyl halides is 1. The zero-order valence-corrected chi connectivity index (χ0v) is 12.4. The number of carbonyl (C=O) groups is 1. The van der Waals surface area contributed by atoms with Gasteiger partial charge < -0.3 is 14.8 Å². The minimum absolute atomic E-state index is 0.336. The van der Waals surface area contributed by atoms with Crippen LogP contribution < -0.4 is 14.8 Å². The first-order valence-corrected chi connectivity index (χ1v) is 6.66. The van der Waals surface area contributed by atoms with Crippen LogP contribution in [0.25, 0.3) is 0 Å². The Kier molecular flexibility index (Phi) is 5.00. The summed E-state index contributed by atoms with van der Waals surface area (Å²) in [6.07, 6.45) is 3.18. The number of methoxy groups -OCH3 is 2. The second-order valence-electron chi connectivity index (χ2n) is 4.21. The third-order valence-corrected chi connectivity index (χ3v) is 3.31. The van der Waals surface area contributed by atoms with Gasteiger partial charge in [0.05, 0.1) is 26.1 Å². The molecule has 1 N–H and O–H groups in total. The van der Waals surface area contributed by atoms with E-state index >= 15 is 0 Å². The molecule has 1 aromatic carbocycles. The third kappa shape index (κ3) is 3.64. The Hall–Kier alpha value is -2.27. The summed E-state index contributed by atoms with van der Waals surface area (Å²) in [6.45, 7) is 0. The Bertz CT molecular complexity index is 620. The molecule has 1 atom stereocenters. The number of nitrogens with zero attached hydrogens (tertiary/aromatic N) is 1.